The second kappa shape index (κ2) is 8.78. The SMILES string of the molecule is COCCOc1ccc(-n2nc(C)c(C(=O)NCCC(=O)O)n2)cc1. The van der Waals surface area contributed by atoms with Crippen LogP contribution >= 0.6 is 0 Å². The van der Waals surface area contributed by atoms with Gasteiger partial charge in [0.15, 0.2) is 5.69 Å². The summed E-state index contributed by atoms with van der Waals surface area (Å²) in [5, 5.41) is 19.5. The van der Waals surface area contributed by atoms with E-state index >= 15 is 0 Å². The summed E-state index contributed by atoms with van der Waals surface area (Å²) in [5.74, 6) is -0.741. The molecule has 0 aliphatic carbocycles. The first-order valence-corrected chi connectivity index (χ1v) is 7.67. The van der Waals surface area contributed by atoms with Crippen LogP contribution in [0.2, 0.25) is 0 Å². The number of nitrogens with one attached hydrogen (secondary N) is 1. The molecule has 2 aromatic rings. The van der Waals surface area contributed by atoms with E-state index in [0.29, 0.717) is 30.3 Å². The van der Waals surface area contributed by atoms with Crippen molar-refractivity contribution in [3.05, 3.63) is 35.7 Å². The average molecular weight is 348 g/mol. The molecule has 1 aromatic heterocycles. The molecule has 9 nitrogen and oxygen atoms in total. The lowest BCUT2D eigenvalue weighted by atomic mass is 10.3. The van der Waals surface area contributed by atoms with Gasteiger partial charge in [-0.3, -0.25) is 9.59 Å². The maximum Gasteiger partial charge on any atom is 0.305 e. The van der Waals surface area contributed by atoms with Crippen LogP contribution in [0.25, 0.3) is 5.69 Å². The molecule has 2 rings (SSSR count). The van der Waals surface area contributed by atoms with Crippen LogP contribution in [0.15, 0.2) is 24.3 Å². The first kappa shape index (κ1) is 18.4. The third-order valence-corrected chi connectivity index (χ3v) is 3.25. The quantitative estimate of drug-likeness (QED) is 0.644. The zero-order valence-electron chi connectivity index (χ0n) is 14.1. The first-order chi connectivity index (χ1) is 12.0. The second-order valence-corrected chi connectivity index (χ2v) is 5.16. The van der Waals surface area contributed by atoms with Crippen LogP contribution in [-0.2, 0) is 9.53 Å². The number of rotatable bonds is 9. The number of aromatic nitrogens is 3. The number of aryl methyl sites for hydroxylation is 1. The van der Waals surface area contributed by atoms with Gasteiger partial charge in [0.25, 0.3) is 5.91 Å². The molecule has 1 amide bonds. The Morgan fingerprint density at radius 3 is 2.56 bits per heavy atom. The van der Waals surface area contributed by atoms with Crippen LogP contribution in [0.3, 0.4) is 0 Å². The Morgan fingerprint density at radius 2 is 1.92 bits per heavy atom. The monoisotopic (exact) mass is 348 g/mol. The van der Waals surface area contributed by atoms with Crippen molar-refractivity contribution in [3.8, 4) is 11.4 Å². The summed E-state index contributed by atoms with van der Waals surface area (Å²) in [4.78, 5) is 23.9. The number of hydrogen-bond acceptors (Lipinski definition) is 6. The zero-order chi connectivity index (χ0) is 18.2. The predicted molar refractivity (Wildman–Crippen MR) is 88.1 cm³/mol. The van der Waals surface area contributed by atoms with Crippen LogP contribution in [0.1, 0.15) is 22.6 Å². The summed E-state index contributed by atoms with van der Waals surface area (Å²) in [6.07, 6.45) is -0.149. The van der Waals surface area contributed by atoms with E-state index in [0.717, 1.165) is 0 Å². The first-order valence-electron chi connectivity index (χ1n) is 7.67. The van der Waals surface area contributed by atoms with Gasteiger partial charge in [0.05, 0.1) is 24.4 Å². The number of aliphatic carboxylic acids is 1. The molecule has 0 bridgehead atoms. The Bertz CT molecular complexity index is 727. The van der Waals surface area contributed by atoms with Crippen molar-refractivity contribution in [2.75, 3.05) is 26.9 Å². The van der Waals surface area contributed by atoms with E-state index in [1.54, 1.807) is 38.3 Å². The van der Waals surface area contributed by atoms with Gasteiger partial charge >= 0.3 is 5.97 Å². The standard InChI is InChI=1S/C16H20N4O5/c1-11-15(16(23)17-8-7-14(21)22)19-20(18-11)12-3-5-13(6-4-12)25-10-9-24-2/h3-6H,7-10H2,1-2H3,(H,17,23)(H,21,22). The number of ether oxygens (including phenoxy) is 2. The molecule has 9 heteroatoms. The predicted octanol–water partition coefficient (Wildman–Crippen LogP) is 0.805. The van der Waals surface area contributed by atoms with Crippen LogP contribution < -0.4 is 10.1 Å². The van der Waals surface area contributed by atoms with E-state index in [2.05, 4.69) is 15.5 Å². The van der Waals surface area contributed by atoms with Crippen LogP contribution in [-0.4, -0.2) is 58.8 Å². The third-order valence-electron chi connectivity index (χ3n) is 3.25. The van der Waals surface area contributed by atoms with Crippen molar-refractivity contribution in [1.29, 1.82) is 0 Å². The molecule has 0 unspecified atom stereocenters. The van der Waals surface area contributed by atoms with Gasteiger partial charge in [-0.1, -0.05) is 0 Å². The molecule has 0 aliphatic heterocycles. The molecule has 2 N–H and O–H groups in total. The molecule has 0 aliphatic rings. The molecule has 0 fully saturated rings. The number of carboxylic acids is 1. The van der Waals surface area contributed by atoms with E-state index < -0.39 is 11.9 Å². The van der Waals surface area contributed by atoms with E-state index in [9.17, 15) is 9.59 Å². The van der Waals surface area contributed by atoms with Crippen molar-refractivity contribution < 1.29 is 24.2 Å². The molecular weight excluding hydrogens is 328 g/mol. The van der Waals surface area contributed by atoms with Crippen molar-refractivity contribution in [3.63, 3.8) is 0 Å². The van der Waals surface area contributed by atoms with Crippen molar-refractivity contribution in [2.24, 2.45) is 0 Å². The minimum absolute atomic E-state index is 0.0357. The Morgan fingerprint density at radius 1 is 1.20 bits per heavy atom. The van der Waals surface area contributed by atoms with Gasteiger partial charge in [-0.25, -0.2) is 0 Å². The lowest BCUT2D eigenvalue weighted by Gasteiger charge is -2.06. The van der Waals surface area contributed by atoms with Gasteiger partial charge in [-0.15, -0.1) is 5.10 Å². The largest absolute Gasteiger partial charge is 0.491 e. The number of carboxylic acid groups (broad SMARTS) is 1. The second-order valence-electron chi connectivity index (χ2n) is 5.16. The number of hydrogen-bond donors (Lipinski definition) is 2. The summed E-state index contributed by atoms with van der Waals surface area (Å²) < 4.78 is 10.4. The smallest absolute Gasteiger partial charge is 0.305 e. The highest BCUT2D eigenvalue weighted by molar-refractivity contribution is 5.93. The maximum atomic E-state index is 12.0. The number of nitrogens with zero attached hydrogens (tertiary/aromatic N) is 3. The fourth-order valence-electron chi connectivity index (χ4n) is 1.99. The maximum absolute atomic E-state index is 12.0. The normalized spacial score (nSPS) is 10.5. The lowest BCUT2D eigenvalue weighted by Crippen LogP contribution is -2.27. The number of benzene rings is 1. The van der Waals surface area contributed by atoms with E-state index in [-0.39, 0.29) is 18.7 Å². The molecule has 0 spiro atoms. The van der Waals surface area contributed by atoms with Crippen molar-refractivity contribution in [1.82, 2.24) is 20.3 Å². The summed E-state index contributed by atoms with van der Waals surface area (Å²) >= 11 is 0. The minimum Gasteiger partial charge on any atom is -0.491 e. The van der Waals surface area contributed by atoms with E-state index in [4.69, 9.17) is 14.6 Å². The van der Waals surface area contributed by atoms with Gasteiger partial charge in [0.1, 0.15) is 12.4 Å². The van der Waals surface area contributed by atoms with Gasteiger partial charge in [-0.2, -0.15) is 9.90 Å². The minimum atomic E-state index is -0.978. The van der Waals surface area contributed by atoms with Crippen molar-refractivity contribution in [2.45, 2.75) is 13.3 Å². The highest BCUT2D eigenvalue weighted by Gasteiger charge is 2.16. The molecule has 0 radical (unpaired) electrons. The van der Waals surface area contributed by atoms with Gasteiger partial charge < -0.3 is 19.9 Å². The molecule has 25 heavy (non-hydrogen) atoms. The lowest BCUT2D eigenvalue weighted by molar-refractivity contribution is -0.136. The summed E-state index contributed by atoms with van der Waals surface area (Å²) in [6.45, 7) is 2.66. The van der Waals surface area contributed by atoms with Gasteiger partial charge in [0.2, 0.25) is 0 Å². The summed E-state index contributed by atoms with van der Waals surface area (Å²) in [5.41, 5.74) is 1.28. The van der Waals surface area contributed by atoms with Crippen molar-refractivity contribution >= 4 is 11.9 Å². The Hall–Kier alpha value is -2.94. The topological polar surface area (TPSA) is 116 Å². The number of carbonyl (C=O) groups is 2. The zero-order valence-corrected chi connectivity index (χ0v) is 14.1. The highest BCUT2D eigenvalue weighted by Crippen LogP contribution is 2.15. The fraction of sp³-hybridized carbons (Fsp3) is 0.375. The Labute approximate surface area is 144 Å². The van der Waals surface area contributed by atoms with Crippen LogP contribution in [0.4, 0.5) is 0 Å². The average Bonchev–Trinajstić information content (AvgIpc) is 2.97. The molecule has 1 aromatic carbocycles. The molecular formula is C16H20N4O5. The Balaban J connectivity index is 2.03. The third kappa shape index (κ3) is 5.28. The highest BCUT2D eigenvalue weighted by atomic mass is 16.5. The Kier molecular flexibility index (Phi) is 6.47. The van der Waals surface area contributed by atoms with Crippen LogP contribution in [0.5, 0.6) is 5.75 Å². The number of methoxy groups -OCH3 is 1. The summed E-state index contributed by atoms with van der Waals surface area (Å²) in [7, 11) is 1.60. The van der Waals surface area contributed by atoms with Crippen LogP contribution in [0, 0.1) is 6.92 Å². The number of carbonyl (C=O) groups excluding carboxylic acids is 1. The van der Waals surface area contributed by atoms with Gasteiger partial charge in [0, 0.05) is 13.7 Å². The number of amides is 1. The summed E-state index contributed by atoms with van der Waals surface area (Å²) in [6, 6.07) is 7.09. The molecule has 0 saturated heterocycles. The molecule has 0 saturated carbocycles. The van der Waals surface area contributed by atoms with E-state index in [1.165, 1.54) is 4.80 Å². The fourth-order valence-corrected chi connectivity index (χ4v) is 1.99. The molecule has 1 heterocycles. The van der Waals surface area contributed by atoms with Gasteiger partial charge in [-0.05, 0) is 31.2 Å². The van der Waals surface area contributed by atoms with E-state index in [1.807, 2.05) is 0 Å². The molecule has 0 atom stereocenters. The molecule has 134 valence electrons.